The molecule has 0 spiro atoms. The van der Waals surface area contributed by atoms with Gasteiger partial charge in [0.2, 0.25) is 0 Å². The highest BCUT2D eigenvalue weighted by molar-refractivity contribution is 6.30. The molecule has 3 aromatic rings. The van der Waals surface area contributed by atoms with Crippen LogP contribution in [0.15, 0.2) is 55.1 Å². The van der Waals surface area contributed by atoms with Crippen molar-refractivity contribution >= 4 is 11.6 Å². The Morgan fingerprint density at radius 2 is 2.04 bits per heavy atom. The first-order chi connectivity index (χ1) is 11.3. The van der Waals surface area contributed by atoms with Crippen molar-refractivity contribution in [2.75, 3.05) is 6.54 Å². The monoisotopic (exact) mass is 329 g/mol. The molecule has 6 heteroatoms. The van der Waals surface area contributed by atoms with Crippen LogP contribution in [0.2, 0.25) is 5.02 Å². The number of hydrogen-bond acceptors (Lipinski definition) is 3. The summed E-state index contributed by atoms with van der Waals surface area (Å²) in [4.78, 5) is 0. The maximum absolute atomic E-state index is 5.99. The maximum Gasteiger partial charge on any atom is 0.0892 e. The van der Waals surface area contributed by atoms with E-state index in [1.807, 2.05) is 52.1 Å². The summed E-state index contributed by atoms with van der Waals surface area (Å²) < 4.78 is 3.90. The lowest BCUT2D eigenvalue weighted by Gasteiger charge is -2.19. The van der Waals surface area contributed by atoms with Gasteiger partial charge in [-0.15, -0.1) is 0 Å². The van der Waals surface area contributed by atoms with Crippen molar-refractivity contribution in [1.82, 2.24) is 24.9 Å². The van der Waals surface area contributed by atoms with E-state index in [9.17, 15) is 0 Å². The van der Waals surface area contributed by atoms with Gasteiger partial charge in [0.15, 0.2) is 0 Å². The lowest BCUT2D eigenvalue weighted by atomic mass is 10.1. The molecule has 1 N–H and O–H groups in total. The molecule has 0 saturated carbocycles. The van der Waals surface area contributed by atoms with Crippen LogP contribution >= 0.6 is 11.6 Å². The summed E-state index contributed by atoms with van der Waals surface area (Å²) in [6, 6.07) is 9.99. The van der Waals surface area contributed by atoms with E-state index in [0.717, 1.165) is 24.7 Å². The van der Waals surface area contributed by atoms with Crippen molar-refractivity contribution in [3.05, 3.63) is 71.3 Å². The number of benzene rings is 1. The van der Waals surface area contributed by atoms with Crippen molar-refractivity contribution in [1.29, 1.82) is 0 Å². The standard InChI is InChI=1S/C17H20ClN5/c1-2-22-13-14(11-21-22)10-19-12-17(23-9-3-8-20-23)15-4-6-16(18)7-5-15/h3-9,11,13,17,19H,2,10,12H2,1H3/t17-/m0/s1. The Morgan fingerprint density at radius 1 is 1.22 bits per heavy atom. The second-order valence-electron chi connectivity index (χ2n) is 5.39. The fraction of sp³-hybridized carbons (Fsp3) is 0.294. The maximum atomic E-state index is 5.99. The molecule has 5 nitrogen and oxygen atoms in total. The van der Waals surface area contributed by atoms with Gasteiger partial charge in [-0.1, -0.05) is 23.7 Å². The molecule has 0 saturated heterocycles. The van der Waals surface area contributed by atoms with E-state index in [0.29, 0.717) is 0 Å². The molecule has 0 amide bonds. The van der Waals surface area contributed by atoms with Crippen LogP contribution in [0.3, 0.4) is 0 Å². The van der Waals surface area contributed by atoms with Crippen LogP contribution in [0, 0.1) is 0 Å². The fourth-order valence-corrected chi connectivity index (χ4v) is 2.66. The van der Waals surface area contributed by atoms with E-state index < -0.39 is 0 Å². The quantitative estimate of drug-likeness (QED) is 0.724. The number of nitrogens with one attached hydrogen (secondary N) is 1. The molecule has 0 bridgehead atoms. The molecule has 0 fully saturated rings. The zero-order valence-electron chi connectivity index (χ0n) is 13.1. The highest BCUT2D eigenvalue weighted by Crippen LogP contribution is 2.19. The number of hydrogen-bond donors (Lipinski definition) is 1. The Kier molecular flexibility index (Phi) is 5.10. The average molecular weight is 330 g/mol. The third-order valence-electron chi connectivity index (χ3n) is 3.78. The smallest absolute Gasteiger partial charge is 0.0892 e. The second kappa shape index (κ2) is 7.44. The molecule has 120 valence electrons. The van der Waals surface area contributed by atoms with Crippen LogP contribution in [0.1, 0.15) is 24.1 Å². The Morgan fingerprint density at radius 3 is 2.70 bits per heavy atom. The summed E-state index contributed by atoms with van der Waals surface area (Å²) in [6.07, 6.45) is 7.75. The summed E-state index contributed by atoms with van der Waals surface area (Å²) in [5.41, 5.74) is 2.36. The fourth-order valence-electron chi connectivity index (χ4n) is 2.54. The molecular formula is C17H20ClN5. The molecule has 0 radical (unpaired) electrons. The topological polar surface area (TPSA) is 47.7 Å². The third-order valence-corrected chi connectivity index (χ3v) is 4.03. The van der Waals surface area contributed by atoms with Crippen molar-refractivity contribution < 1.29 is 0 Å². The minimum Gasteiger partial charge on any atom is -0.310 e. The Bertz CT molecular complexity index is 718. The lowest BCUT2D eigenvalue weighted by Crippen LogP contribution is -2.26. The van der Waals surface area contributed by atoms with Crippen molar-refractivity contribution in [3.63, 3.8) is 0 Å². The van der Waals surface area contributed by atoms with E-state index in [1.165, 1.54) is 11.1 Å². The van der Waals surface area contributed by atoms with Crippen LogP contribution in [0.4, 0.5) is 0 Å². The van der Waals surface area contributed by atoms with Crippen LogP contribution < -0.4 is 5.32 Å². The third kappa shape index (κ3) is 4.00. The van der Waals surface area contributed by atoms with Gasteiger partial charge in [0, 0.05) is 48.8 Å². The molecule has 0 unspecified atom stereocenters. The predicted octanol–water partition coefficient (Wildman–Crippen LogP) is 3.13. The van der Waals surface area contributed by atoms with Crippen LogP contribution in [0.5, 0.6) is 0 Å². The minimum absolute atomic E-state index is 0.128. The largest absolute Gasteiger partial charge is 0.310 e. The Labute approximate surface area is 140 Å². The van der Waals surface area contributed by atoms with Gasteiger partial charge in [-0.25, -0.2) is 0 Å². The summed E-state index contributed by atoms with van der Waals surface area (Å²) in [5, 5.41) is 12.9. The van der Waals surface area contributed by atoms with Crippen LogP contribution in [-0.4, -0.2) is 26.1 Å². The first-order valence-corrected chi connectivity index (χ1v) is 8.10. The van der Waals surface area contributed by atoms with Crippen molar-refractivity contribution in [2.24, 2.45) is 0 Å². The molecule has 0 aliphatic carbocycles. The van der Waals surface area contributed by atoms with E-state index in [2.05, 4.69) is 28.6 Å². The first kappa shape index (κ1) is 15.8. The number of aromatic nitrogens is 4. The number of halogens is 1. The average Bonchev–Trinajstić information content (AvgIpc) is 3.24. The number of rotatable bonds is 7. The van der Waals surface area contributed by atoms with Crippen molar-refractivity contribution in [2.45, 2.75) is 26.1 Å². The highest BCUT2D eigenvalue weighted by Gasteiger charge is 2.13. The van der Waals surface area contributed by atoms with Gasteiger partial charge in [-0.05, 0) is 30.7 Å². The van der Waals surface area contributed by atoms with Gasteiger partial charge in [-0.2, -0.15) is 10.2 Å². The molecule has 0 aliphatic rings. The minimum atomic E-state index is 0.128. The first-order valence-electron chi connectivity index (χ1n) is 7.73. The van der Waals surface area contributed by atoms with E-state index in [1.54, 1.807) is 6.20 Å². The van der Waals surface area contributed by atoms with Crippen LogP contribution in [0.25, 0.3) is 0 Å². The van der Waals surface area contributed by atoms with Gasteiger partial charge in [-0.3, -0.25) is 9.36 Å². The molecule has 1 aromatic carbocycles. The van der Waals surface area contributed by atoms with Crippen LogP contribution in [-0.2, 0) is 13.1 Å². The van der Waals surface area contributed by atoms with E-state index in [4.69, 9.17) is 11.6 Å². The number of aryl methyl sites for hydroxylation is 1. The lowest BCUT2D eigenvalue weighted by molar-refractivity contribution is 0.480. The summed E-state index contributed by atoms with van der Waals surface area (Å²) in [6.45, 7) is 4.53. The molecular weight excluding hydrogens is 310 g/mol. The predicted molar refractivity (Wildman–Crippen MR) is 91.4 cm³/mol. The van der Waals surface area contributed by atoms with Gasteiger partial charge < -0.3 is 5.32 Å². The summed E-state index contributed by atoms with van der Waals surface area (Å²) in [5.74, 6) is 0. The highest BCUT2D eigenvalue weighted by atomic mass is 35.5. The summed E-state index contributed by atoms with van der Waals surface area (Å²) >= 11 is 5.99. The summed E-state index contributed by atoms with van der Waals surface area (Å²) in [7, 11) is 0. The van der Waals surface area contributed by atoms with Gasteiger partial charge in [0.1, 0.15) is 0 Å². The van der Waals surface area contributed by atoms with E-state index in [-0.39, 0.29) is 6.04 Å². The normalized spacial score (nSPS) is 12.4. The van der Waals surface area contributed by atoms with Gasteiger partial charge in [0.25, 0.3) is 0 Å². The molecule has 2 aromatic heterocycles. The van der Waals surface area contributed by atoms with E-state index >= 15 is 0 Å². The van der Waals surface area contributed by atoms with Crippen molar-refractivity contribution in [3.8, 4) is 0 Å². The molecule has 0 aliphatic heterocycles. The Hall–Kier alpha value is -2.11. The zero-order chi connectivity index (χ0) is 16.1. The number of nitrogens with zero attached hydrogens (tertiary/aromatic N) is 4. The van der Waals surface area contributed by atoms with Gasteiger partial charge in [0.05, 0.1) is 12.2 Å². The van der Waals surface area contributed by atoms with Gasteiger partial charge >= 0.3 is 0 Å². The Balaban J connectivity index is 1.68. The molecule has 2 heterocycles. The molecule has 23 heavy (non-hydrogen) atoms. The molecule has 3 rings (SSSR count). The zero-order valence-corrected chi connectivity index (χ0v) is 13.8. The SMILES string of the molecule is CCn1cc(CNC[C@@H](c2ccc(Cl)cc2)n2cccn2)cn1. The second-order valence-corrected chi connectivity index (χ2v) is 5.83. The molecule has 1 atom stereocenters.